The van der Waals surface area contributed by atoms with E-state index < -0.39 is 0 Å². The average molecular weight is 376 g/mol. The van der Waals surface area contributed by atoms with Crippen LogP contribution in [0.3, 0.4) is 0 Å². The topological polar surface area (TPSA) is 50.6 Å². The fourth-order valence-electron chi connectivity index (χ4n) is 4.23. The standard InChI is InChI=1S/C22H24N4O2/c1-2-17-15-26-18(14-16-6-5-7-19(28-17)21(16)26)22(27)25-12-10-24(11-13-25)20-8-3-4-9-23-20/h3-9,14,17H,2,10-13,15H2,1H3/t17-/m1/s1. The number of anilines is 1. The zero-order valence-electron chi connectivity index (χ0n) is 16.0. The van der Waals surface area contributed by atoms with Gasteiger partial charge in [0.1, 0.15) is 23.4 Å². The van der Waals surface area contributed by atoms with E-state index in [0.717, 1.165) is 54.2 Å². The first-order chi connectivity index (χ1) is 13.7. The van der Waals surface area contributed by atoms with Crippen LogP contribution in [0.4, 0.5) is 5.82 Å². The first-order valence-electron chi connectivity index (χ1n) is 9.98. The van der Waals surface area contributed by atoms with Crippen LogP contribution in [0.5, 0.6) is 5.75 Å². The third-order valence-corrected chi connectivity index (χ3v) is 5.78. The van der Waals surface area contributed by atoms with Gasteiger partial charge in [0.15, 0.2) is 0 Å². The number of rotatable bonds is 3. The zero-order chi connectivity index (χ0) is 19.1. The highest BCUT2D eigenvalue weighted by molar-refractivity contribution is 6.00. The molecule has 0 aliphatic carbocycles. The summed E-state index contributed by atoms with van der Waals surface area (Å²) in [5, 5.41) is 1.07. The molecule has 0 saturated carbocycles. The highest BCUT2D eigenvalue weighted by Crippen LogP contribution is 2.34. The van der Waals surface area contributed by atoms with Crippen molar-refractivity contribution in [2.45, 2.75) is 26.0 Å². The maximum Gasteiger partial charge on any atom is 0.270 e. The molecule has 1 atom stereocenters. The molecule has 0 unspecified atom stereocenters. The predicted molar refractivity (Wildman–Crippen MR) is 109 cm³/mol. The van der Waals surface area contributed by atoms with Crippen molar-refractivity contribution in [3.8, 4) is 5.75 Å². The van der Waals surface area contributed by atoms with Gasteiger partial charge in [-0.1, -0.05) is 25.1 Å². The number of pyridine rings is 1. The van der Waals surface area contributed by atoms with Gasteiger partial charge in [-0.2, -0.15) is 0 Å². The Hall–Kier alpha value is -3.02. The van der Waals surface area contributed by atoms with Crippen molar-refractivity contribution in [1.29, 1.82) is 0 Å². The van der Waals surface area contributed by atoms with Gasteiger partial charge in [-0.3, -0.25) is 4.79 Å². The number of carbonyl (C=O) groups excluding carboxylic acids is 1. The number of benzene rings is 1. The number of carbonyl (C=O) groups is 1. The Labute approximate surface area is 164 Å². The Kier molecular flexibility index (Phi) is 4.19. The van der Waals surface area contributed by atoms with E-state index in [-0.39, 0.29) is 12.0 Å². The maximum absolute atomic E-state index is 13.4. The molecule has 5 rings (SSSR count). The third kappa shape index (κ3) is 2.80. The molecule has 0 N–H and O–H groups in total. The summed E-state index contributed by atoms with van der Waals surface area (Å²) in [5.41, 5.74) is 1.82. The first-order valence-corrected chi connectivity index (χ1v) is 9.98. The number of piperazine rings is 1. The molecule has 0 bridgehead atoms. The van der Waals surface area contributed by atoms with Crippen LogP contribution in [0.1, 0.15) is 23.8 Å². The van der Waals surface area contributed by atoms with Gasteiger partial charge < -0.3 is 19.1 Å². The Morgan fingerprint density at radius 3 is 2.75 bits per heavy atom. The van der Waals surface area contributed by atoms with E-state index in [4.69, 9.17) is 4.74 Å². The molecular weight excluding hydrogens is 352 g/mol. The summed E-state index contributed by atoms with van der Waals surface area (Å²) in [4.78, 5) is 22.0. The van der Waals surface area contributed by atoms with Crippen LogP contribution in [-0.4, -0.2) is 52.6 Å². The van der Waals surface area contributed by atoms with Crippen LogP contribution < -0.4 is 9.64 Å². The molecule has 0 spiro atoms. The minimum absolute atomic E-state index is 0.109. The van der Waals surface area contributed by atoms with E-state index in [1.54, 1.807) is 0 Å². The van der Waals surface area contributed by atoms with Gasteiger partial charge in [0, 0.05) is 37.8 Å². The van der Waals surface area contributed by atoms with Crippen LogP contribution in [-0.2, 0) is 6.54 Å². The minimum atomic E-state index is 0.109. The number of aromatic nitrogens is 2. The van der Waals surface area contributed by atoms with Crippen molar-refractivity contribution in [3.63, 3.8) is 0 Å². The van der Waals surface area contributed by atoms with Crippen molar-refractivity contribution in [1.82, 2.24) is 14.5 Å². The van der Waals surface area contributed by atoms with E-state index in [2.05, 4.69) is 27.4 Å². The SMILES string of the molecule is CC[C@@H]1Cn2c(C(=O)N3CCN(c4ccccn4)CC3)cc3cccc(c32)O1. The fraction of sp³-hybridized carbons (Fsp3) is 0.364. The number of hydrogen-bond acceptors (Lipinski definition) is 4. The summed E-state index contributed by atoms with van der Waals surface area (Å²) < 4.78 is 8.26. The molecule has 28 heavy (non-hydrogen) atoms. The van der Waals surface area contributed by atoms with Crippen molar-refractivity contribution in [2.75, 3.05) is 31.1 Å². The number of nitrogens with zero attached hydrogens (tertiary/aromatic N) is 4. The van der Waals surface area contributed by atoms with Gasteiger partial charge in [0.2, 0.25) is 0 Å². The summed E-state index contributed by atoms with van der Waals surface area (Å²) in [6.45, 7) is 5.86. The van der Waals surface area contributed by atoms with Crippen LogP contribution in [0, 0.1) is 0 Å². The van der Waals surface area contributed by atoms with Crippen LogP contribution >= 0.6 is 0 Å². The molecule has 1 aromatic carbocycles. The lowest BCUT2D eigenvalue weighted by Crippen LogP contribution is -2.49. The van der Waals surface area contributed by atoms with Crippen LogP contribution in [0.25, 0.3) is 10.9 Å². The molecular formula is C22H24N4O2. The van der Waals surface area contributed by atoms with E-state index in [1.807, 2.05) is 47.5 Å². The molecule has 2 aromatic heterocycles. The van der Waals surface area contributed by atoms with Gasteiger partial charge in [-0.05, 0) is 30.7 Å². The monoisotopic (exact) mass is 376 g/mol. The zero-order valence-corrected chi connectivity index (χ0v) is 16.0. The number of para-hydroxylation sites is 1. The largest absolute Gasteiger partial charge is 0.486 e. The first kappa shape index (κ1) is 17.1. The van der Waals surface area contributed by atoms with Crippen LogP contribution in [0.2, 0.25) is 0 Å². The lowest BCUT2D eigenvalue weighted by Gasteiger charge is -2.35. The second-order valence-corrected chi connectivity index (χ2v) is 7.45. The smallest absolute Gasteiger partial charge is 0.270 e. The quantitative estimate of drug-likeness (QED) is 0.705. The maximum atomic E-state index is 13.4. The Balaban J connectivity index is 1.40. The van der Waals surface area contributed by atoms with Gasteiger partial charge in [-0.15, -0.1) is 0 Å². The van der Waals surface area contributed by atoms with Crippen molar-refractivity contribution < 1.29 is 9.53 Å². The Morgan fingerprint density at radius 2 is 2.00 bits per heavy atom. The van der Waals surface area contributed by atoms with Crippen molar-refractivity contribution >= 4 is 22.6 Å². The van der Waals surface area contributed by atoms with Crippen LogP contribution in [0.15, 0.2) is 48.7 Å². The predicted octanol–water partition coefficient (Wildman–Crippen LogP) is 3.17. The normalized spacial score (nSPS) is 19.0. The highest BCUT2D eigenvalue weighted by atomic mass is 16.5. The van der Waals surface area contributed by atoms with E-state index in [1.165, 1.54) is 0 Å². The molecule has 2 aliphatic rings. The molecule has 6 heteroatoms. The van der Waals surface area contributed by atoms with Gasteiger partial charge in [0.05, 0.1) is 12.1 Å². The summed E-state index contributed by atoms with van der Waals surface area (Å²) in [6.07, 6.45) is 2.84. The molecule has 0 radical (unpaired) electrons. The number of ether oxygens (including phenoxy) is 1. The van der Waals surface area contributed by atoms with Gasteiger partial charge >= 0.3 is 0 Å². The average Bonchev–Trinajstić information content (AvgIpc) is 3.14. The molecule has 1 amide bonds. The Morgan fingerprint density at radius 1 is 1.14 bits per heavy atom. The Bertz CT molecular complexity index is 1010. The molecule has 144 valence electrons. The summed E-state index contributed by atoms with van der Waals surface area (Å²) in [7, 11) is 0. The van der Waals surface area contributed by atoms with Gasteiger partial charge in [0.25, 0.3) is 5.91 Å². The molecule has 3 aromatic rings. The second-order valence-electron chi connectivity index (χ2n) is 7.45. The lowest BCUT2D eigenvalue weighted by molar-refractivity contribution is 0.0730. The van der Waals surface area contributed by atoms with E-state index >= 15 is 0 Å². The molecule has 6 nitrogen and oxygen atoms in total. The molecule has 1 fully saturated rings. The van der Waals surface area contributed by atoms with E-state index in [0.29, 0.717) is 13.1 Å². The second kappa shape index (κ2) is 6.86. The molecule has 1 saturated heterocycles. The fourth-order valence-corrected chi connectivity index (χ4v) is 4.23. The molecule has 4 heterocycles. The molecule has 2 aliphatic heterocycles. The van der Waals surface area contributed by atoms with Crippen molar-refractivity contribution in [3.05, 3.63) is 54.4 Å². The highest BCUT2D eigenvalue weighted by Gasteiger charge is 2.29. The van der Waals surface area contributed by atoms with E-state index in [9.17, 15) is 4.79 Å². The lowest BCUT2D eigenvalue weighted by atomic mass is 10.2. The summed E-state index contributed by atoms with van der Waals surface area (Å²) in [6, 6.07) is 14.0. The summed E-state index contributed by atoms with van der Waals surface area (Å²) >= 11 is 0. The van der Waals surface area contributed by atoms with Crippen molar-refractivity contribution in [2.24, 2.45) is 0 Å². The minimum Gasteiger partial charge on any atom is -0.486 e. The summed E-state index contributed by atoms with van der Waals surface area (Å²) in [5.74, 6) is 1.97. The number of hydrogen-bond donors (Lipinski definition) is 0. The third-order valence-electron chi connectivity index (χ3n) is 5.78. The number of amides is 1. The van der Waals surface area contributed by atoms with Gasteiger partial charge in [-0.25, -0.2) is 4.98 Å².